The highest BCUT2D eigenvalue weighted by Gasteiger charge is 2.08. The third kappa shape index (κ3) is 4.45. The Morgan fingerprint density at radius 1 is 1.04 bits per heavy atom. The van der Waals surface area contributed by atoms with E-state index in [-0.39, 0.29) is 11.7 Å². The van der Waals surface area contributed by atoms with E-state index < -0.39 is 0 Å². The summed E-state index contributed by atoms with van der Waals surface area (Å²) in [6.45, 7) is 2.40. The lowest BCUT2D eigenvalue weighted by molar-refractivity contribution is 0.102. The Bertz CT molecular complexity index is 894. The van der Waals surface area contributed by atoms with Gasteiger partial charge in [0, 0.05) is 30.2 Å². The van der Waals surface area contributed by atoms with Gasteiger partial charge in [0.25, 0.3) is 5.91 Å². The molecular weight excluding hydrogens is 329 g/mol. The van der Waals surface area contributed by atoms with Crippen LogP contribution in [0.15, 0.2) is 67.0 Å². The highest BCUT2D eigenvalue weighted by Crippen LogP contribution is 2.15. The first-order chi connectivity index (χ1) is 12.7. The molecule has 0 aliphatic heterocycles. The second-order valence-electron chi connectivity index (χ2n) is 5.91. The Balaban J connectivity index is 1.66. The Labute approximate surface area is 152 Å². The first-order valence-electron chi connectivity index (χ1n) is 8.48. The summed E-state index contributed by atoms with van der Waals surface area (Å²) in [7, 11) is 0. The Morgan fingerprint density at radius 3 is 2.54 bits per heavy atom. The van der Waals surface area contributed by atoms with Crippen LogP contribution in [0.2, 0.25) is 0 Å². The number of amides is 1. The Kier molecular flexibility index (Phi) is 5.59. The first-order valence-corrected chi connectivity index (χ1v) is 8.48. The molecule has 0 aliphatic rings. The van der Waals surface area contributed by atoms with Crippen LogP contribution < -0.4 is 10.6 Å². The number of hydrogen-bond acceptors (Lipinski definition) is 3. The van der Waals surface area contributed by atoms with Gasteiger partial charge < -0.3 is 10.6 Å². The van der Waals surface area contributed by atoms with E-state index in [1.54, 1.807) is 30.5 Å². The quantitative estimate of drug-likeness (QED) is 0.681. The zero-order valence-corrected chi connectivity index (χ0v) is 14.5. The molecule has 0 bridgehead atoms. The van der Waals surface area contributed by atoms with Gasteiger partial charge in [0.2, 0.25) is 0 Å². The number of nitrogens with zero attached hydrogens (tertiary/aromatic N) is 1. The zero-order chi connectivity index (χ0) is 18.4. The van der Waals surface area contributed by atoms with Gasteiger partial charge in [0.05, 0.1) is 11.3 Å². The molecule has 5 heteroatoms. The predicted molar refractivity (Wildman–Crippen MR) is 102 cm³/mol. The van der Waals surface area contributed by atoms with Gasteiger partial charge in [-0.2, -0.15) is 0 Å². The summed E-state index contributed by atoms with van der Waals surface area (Å²) in [5, 5.41) is 5.95. The average Bonchev–Trinajstić information content (AvgIpc) is 2.68. The van der Waals surface area contributed by atoms with Crippen molar-refractivity contribution in [3.05, 3.63) is 89.5 Å². The zero-order valence-electron chi connectivity index (χ0n) is 14.5. The molecule has 2 aromatic carbocycles. The van der Waals surface area contributed by atoms with Crippen LogP contribution in [0.5, 0.6) is 0 Å². The number of carbonyl (C=O) groups is 1. The number of aryl methyl sites for hydroxylation is 1. The number of hydrogen-bond donors (Lipinski definition) is 2. The summed E-state index contributed by atoms with van der Waals surface area (Å²) in [6, 6.07) is 16.0. The van der Waals surface area contributed by atoms with Crippen LogP contribution >= 0.6 is 0 Å². The van der Waals surface area contributed by atoms with E-state index in [4.69, 9.17) is 0 Å². The van der Waals surface area contributed by atoms with Gasteiger partial charge in [-0.3, -0.25) is 9.78 Å². The molecule has 0 spiro atoms. The standard InChI is InChI=1S/C21H20FN3O/c1-2-15-7-9-18(10-8-15)25-21(26)17-11-19(14-23-12-17)24-13-16-5-3-4-6-20(16)22/h3-12,14,24H,2,13H2,1H3,(H,25,26). The van der Waals surface area contributed by atoms with Crippen molar-refractivity contribution < 1.29 is 9.18 Å². The van der Waals surface area contributed by atoms with Crippen molar-refractivity contribution in [2.24, 2.45) is 0 Å². The smallest absolute Gasteiger partial charge is 0.257 e. The summed E-state index contributed by atoms with van der Waals surface area (Å²) in [5.74, 6) is -0.506. The minimum Gasteiger partial charge on any atom is -0.380 e. The van der Waals surface area contributed by atoms with E-state index in [2.05, 4.69) is 22.5 Å². The molecule has 26 heavy (non-hydrogen) atoms. The SMILES string of the molecule is CCc1ccc(NC(=O)c2cncc(NCc3ccccc3F)c2)cc1. The second kappa shape index (κ2) is 8.25. The van der Waals surface area contributed by atoms with Crippen LogP contribution in [0.1, 0.15) is 28.4 Å². The maximum atomic E-state index is 13.7. The van der Waals surface area contributed by atoms with Crippen molar-refractivity contribution >= 4 is 17.3 Å². The lowest BCUT2D eigenvalue weighted by Crippen LogP contribution is -2.13. The second-order valence-corrected chi connectivity index (χ2v) is 5.91. The van der Waals surface area contributed by atoms with Gasteiger partial charge in [-0.05, 0) is 36.2 Å². The number of halogens is 1. The van der Waals surface area contributed by atoms with Gasteiger partial charge in [-0.25, -0.2) is 4.39 Å². The van der Waals surface area contributed by atoms with E-state index in [0.717, 1.165) is 12.1 Å². The Hall–Kier alpha value is -3.21. The fourth-order valence-electron chi connectivity index (χ4n) is 2.53. The molecule has 0 atom stereocenters. The molecule has 0 saturated heterocycles. The predicted octanol–water partition coefficient (Wildman–Crippen LogP) is 4.65. The molecule has 0 fully saturated rings. The lowest BCUT2D eigenvalue weighted by Gasteiger charge is -2.09. The number of nitrogens with one attached hydrogen (secondary N) is 2. The molecule has 0 radical (unpaired) electrons. The van der Waals surface area contributed by atoms with Crippen molar-refractivity contribution in [1.29, 1.82) is 0 Å². The number of benzene rings is 2. The number of carbonyl (C=O) groups excluding carboxylic acids is 1. The van der Waals surface area contributed by atoms with Crippen LogP contribution in [0, 0.1) is 5.82 Å². The van der Waals surface area contributed by atoms with Gasteiger partial charge in [0.15, 0.2) is 0 Å². The number of rotatable bonds is 6. The van der Waals surface area contributed by atoms with E-state index in [9.17, 15) is 9.18 Å². The normalized spacial score (nSPS) is 10.4. The van der Waals surface area contributed by atoms with Crippen LogP contribution in [-0.2, 0) is 13.0 Å². The maximum absolute atomic E-state index is 13.7. The van der Waals surface area contributed by atoms with Crippen LogP contribution in [0.4, 0.5) is 15.8 Å². The highest BCUT2D eigenvalue weighted by atomic mass is 19.1. The van der Waals surface area contributed by atoms with E-state index in [1.165, 1.54) is 17.8 Å². The fraction of sp³-hybridized carbons (Fsp3) is 0.143. The monoisotopic (exact) mass is 349 g/mol. The van der Waals surface area contributed by atoms with Gasteiger partial charge >= 0.3 is 0 Å². The number of aromatic nitrogens is 1. The number of anilines is 2. The molecule has 1 aromatic heterocycles. The number of pyridine rings is 1. The van der Waals surface area contributed by atoms with Crippen molar-refractivity contribution in [1.82, 2.24) is 4.98 Å². The lowest BCUT2D eigenvalue weighted by atomic mass is 10.1. The summed E-state index contributed by atoms with van der Waals surface area (Å²) in [4.78, 5) is 16.5. The van der Waals surface area contributed by atoms with Crippen molar-refractivity contribution in [3.8, 4) is 0 Å². The molecule has 1 amide bonds. The molecule has 0 aliphatic carbocycles. The van der Waals surface area contributed by atoms with E-state index in [0.29, 0.717) is 23.4 Å². The topological polar surface area (TPSA) is 54.0 Å². The van der Waals surface area contributed by atoms with Gasteiger partial charge in [0.1, 0.15) is 5.82 Å². The molecular formula is C21H20FN3O. The Morgan fingerprint density at radius 2 is 1.81 bits per heavy atom. The van der Waals surface area contributed by atoms with E-state index in [1.807, 2.05) is 24.3 Å². The van der Waals surface area contributed by atoms with Crippen LogP contribution in [0.25, 0.3) is 0 Å². The molecule has 3 aromatic rings. The largest absolute Gasteiger partial charge is 0.380 e. The fourth-order valence-corrected chi connectivity index (χ4v) is 2.53. The van der Waals surface area contributed by atoms with Crippen molar-refractivity contribution in [2.75, 3.05) is 10.6 Å². The maximum Gasteiger partial charge on any atom is 0.257 e. The third-order valence-electron chi connectivity index (χ3n) is 4.06. The molecule has 3 rings (SSSR count). The summed E-state index contributed by atoms with van der Waals surface area (Å²) in [5.41, 5.74) is 3.59. The van der Waals surface area contributed by atoms with Crippen LogP contribution in [0.3, 0.4) is 0 Å². The minimum absolute atomic E-state index is 0.240. The molecule has 4 nitrogen and oxygen atoms in total. The summed E-state index contributed by atoms with van der Waals surface area (Å²) >= 11 is 0. The van der Waals surface area contributed by atoms with Crippen molar-refractivity contribution in [3.63, 3.8) is 0 Å². The van der Waals surface area contributed by atoms with E-state index >= 15 is 0 Å². The molecule has 0 unspecified atom stereocenters. The van der Waals surface area contributed by atoms with Gasteiger partial charge in [-0.1, -0.05) is 37.3 Å². The molecule has 0 saturated carbocycles. The summed E-state index contributed by atoms with van der Waals surface area (Å²) < 4.78 is 13.7. The molecule has 132 valence electrons. The van der Waals surface area contributed by atoms with Crippen LogP contribution in [-0.4, -0.2) is 10.9 Å². The molecule has 1 heterocycles. The molecule has 2 N–H and O–H groups in total. The highest BCUT2D eigenvalue weighted by molar-refractivity contribution is 6.04. The average molecular weight is 349 g/mol. The first kappa shape index (κ1) is 17.6. The van der Waals surface area contributed by atoms with Gasteiger partial charge in [-0.15, -0.1) is 0 Å². The summed E-state index contributed by atoms with van der Waals surface area (Å²) in [6.07, 6.45) is 4.06. The van der Waals surface area contributed by atoms with Crippen molar-refractivity contribution in [2.45, 2.75) is 19.9 Å². The minimum atomic E-state index is -0.266. The third-order valence-corrected chi connectivity index (χ3v) is 4.06.